The molecule has 0 saturated heterocycles. The summed E-state index contributed by atoms with van der Waals surface area (Å²) < 4.78 is 14.9. The summed E-state index contributed by atoms with van der Waals surface area (Å²) >= 11 is 0. The normalized spacial score (nSPS) is 12.6. The van der Waals surface area contributed by atoms with Crippen LogP contribution in [-0.2, 0) is 5.41 Å². The number of para-hydroxylation sites is 4. The largest absolute Gasteiger partial charge is 0.453 e. The molecule has 0 radical (unpaired) electrons. The number of aryl methyl sites for hydroxylation is 6. The van der Waals surface area contributed by atoms with Crippen molar-refractivity contribution < 1.29 is 8.83 Å². The number of hydrogen-bond donors (Lipinski definition) is 0. The maximum absolute atomic E-state index is 7.45. The van der Waals surface area contributed by atoms with Gasteiger partial charge in [0.25, 0.3) is 0 Å². The van der Waals surface area contributed by atoms with Crippen molar-refractivity contribution in [2.24, 2.45) is 0 Å². The number of hydrogen-bond acceptors (Lipinski definition) is 4. The molecule has 0 N–H and O–H groups in total. The van der Waals surface area contributed by atoms with Crippen LogP contribution in [0.3, 0.4) is 0 Å². The minimum absolute atomic E-state index is 0.831. The van der Waals surface area contributed by atoms with Gasteiger partial charge in [-0.1, -0.05) is 243 Å². The minimum atomic E-state index is -0.868. The number of rotatable bonds is 10. The Balaban J connectivity index is 0.999. The fourth-order valence-corrected chi connectivity index (χ4v) is 15.4. The van der Waals surface area contributed by atoms with Gasteiger partial charge in [0, 0.05) is 54.8 Å². The summed E-state index contributed by atoms with van der Waals surface area (Å²) in [6.07, 6.45) is 0. The van der Waals surface area contributed by atoms with E-state index in [1.165, 1.54) is 66.4 Å². The molecule has 91 heavy (non-hydrogen) atoms. The Labute approximate surface area is 530 Å². The van der Waals surface area contributed by atoms with Gasteiger partial charge in [-0.25, -0.2) is 0 Å². The van der Waals surface area contributed by atoms with Gasteiger partial charge in [-0.3, -0.25) is 0 Å². The third-order valence-electron chi connectivity index (χ3n) is 19.6. The van der Waals surface area contributed by atoms with Crippen molar-refractivity contribution >= 4 is 99.5 Å². The van der Waals surface area contributed by atoms with Crippen LogP contribution in [0.1, 0.15) is 55.6 Å². The molecule has 0 amide bonds. The molecular formula is C87H64N2O2. The third-order valence-corrected chi connectivity index (χ3v) is 19.6. The first-order valence-corrected chi connectivity index (χ1v) is 31.6. The number of nitrogens with zero attached hydrogens (tertiary/aromatic N) is 2. The second kappa shape index (κ2) is 21.0. The minimum Gasteiger partial charge on any atom is -0.453 e. The van der Waals surface area contributed by atoms with E-state index in [0.717, 1.165) is 122 Å². The smallest absolute Gasteiger partial charge is 0.159 e. The van der Waals surface area contributed by atoms with Crippen LogP contribution in [0.25, 0.3) is 98.8 Å². The average Bonchev–Trinajstić information content (AvgIpc) is 1.55. The first kappa shape index (κ1) is 54.0. The molecule has 14 aromatic carbocycles. The molecule has 0 spiro atoms. The van der Waals surface area contributed by atoms with Gasteiger partial charge in [0.15, 0.2) is 11.2 Å². The molecule has 4 heteroatoms. The Morgan fingerprint density at radius 3 is 1.00 bits per heavy atom. The number of furan rings is 2. The van der Waals surface area contributed by atoms with E-state index in [1.54, 1.807) is 0 Å². The summed E-state index contributed by atoms with van der Waals surface area (Å²) in [7, 11) is 0. The highest BCUT2D eigenvalue weighted by Crippen LogP contribution is 2.63. The fourth-order valence-electron chi connectivity index (χ4n) is 15.4. The van der Waals surface area contributed by atoms with Crippen molar-refractivity contribution in [3.8, 4) is 33.4 Å². The molecule has 0 aliphatic heterocycles. The van der Waals surface area contributed by atoms with Crippen LogP contribution in [0.4, 0.5) is 34.1 Å². The zero-order valence-electron chi connectivity index (χ0n) is 51.8. The monoisotopic (exact) mass is 1170 g/mol. The van der Waals surface area contributed by atoms with Crippen molar-refractivity contribution in [1.29, 1.82) is 0 Å². The molecule has 1 aliphatic carbocycles. The van der Waals surface area contributed by atoms with Crippen LogP contribution in [-0.4, -0.2) is 0 Å². The molecule has 0 saturated carbocycles. The summed E-state index contributed by atoms with van der Waals surface area (Å²) in [6, 6.07) is 103. The third kappa shape index (κ3) is 8.15. The Bertz CT molecular complexity index is 5280. The van der Waals surface area contributed by atoms with Crippen LogP contribution in [0.15, 0.2) is 288 Å². The summed E-state index contributed by atoms with van der Waals surface area (Å²) in [4.78, 5) is 5.02. The van der Waals surface area contributed by atoms with E-state index in [2.05, 4.69) is 330 Å². The van der Waals surface area contributed by atoms with Gasteiger partial charge in [0.1, 0.15) is 11.2 Å². The van der Waals surface area contributed by atoms with Crippen molar-refractivity contribution in [2.45, 2.75) is 47.0 Å². The van der Waals surface area contributed by atoms with Gasteiger partial charge < -0.3 is 18.6 Å². The number of anilines is 6. The zero-order valence-corrected chi connectivity index (χ0v) is 51.8. The first-order valence-electron chi connectivity index (χ1n) is 31.6. The highest BCUT2D eigenvalue weighted by molar-refractivity contribution is 6.21. The van der Waals surface area contributed by atoms with Crippen LogP contribution in [0.5, 0.6) is 0 Å². The maximum Gasteiger partial charge on any atom is 0.159 e. The van der Waals surface area contributed by atoms with Crippen LogP contribution < -0.4 is 9.80 Å². The Morgan fingerprint density at radius 2 is 0.582 bits per heavy atom. The van der Waals surface area contributed by atoms with E-state index in [9.17, 15) is 0 Å². The predicted octanol–water partition coefficient (Wildman–Crippen LogP) is 24.3. The molecule has 434 valence electrons. The summed E-state index contributed by atoms with van der Waals surface area (Å²) in [5.74, 6) is 0. The molecular weight excluding hydrogens is 1100 g/mol. The van der Waals surface area contributed by atoms with Gasteiger partial charge in [0.05, 0.1) is 28.2 Å². The van der Waals surface area contributed by atoms with E-state index in [1.807, 2.05) is 0 Å². The van der Waals surface area contributed by atoms with E-state index in [4.69, 9.17) is 8.83 Å². The molecule has 16 aromatic rings. The fraction of sp³-hybridized carbons (Fsp3) is 0.0805. The predicted molar refractivity (Wildman–Crippen MR) is 382 cm³/mol. The zero-order chi connectivity index (χ0) is 61.2. The van der Waals surface area contributed by atoms with Crippen molar-refractivity contribution in [2.75, 3.05) is 9.80 Å². The molecule has 17 rings (SSSR count). The molecule has 4 nitrogen and oxygen atoms in total. The lowest BCUT2D eigenvalue weighted by Gasteiger charge is -2.36. The molecule has 0 fully saturated rings. The molecule has 0 atom stereocenters. The van der Waals surface area contributed by atoms with Crippen molar-refractivity contribution in [1.82, 2.24) is 0 Å². The Hall–Kier alpha value is -11.2. The number of benzene rings is 14. The summed E-state index contributed by atoms with van der Waals surface area (Å²) in [6.45, 7) is 13.2. The lowest BCUT2D eigenvalue weighted by molar-refractivity contribution is 0.670. The first-order chi connectivity index (χ1) is 44.6. The molecule has 1 aliphatic rings. The standard InChI is InChI=1S/C87H64N2O2/c1-53-45-47-57(5)77(49-53)88(75-43-23-41-71-69-39-21-37-67(83(69)90-85(71)75)61-31-15-13-25-55(61)3)79-51-73-81(65-35-19-17-33-63(65)79)82-66-36-20-18-34-64(66)80(52-74(82)87(73,59-27-9-7-10-28-59)60-29-11-8-12-30-60)89(78-50-54(2)46-48-58(78)6)76-44-24-42-72-70-40-22-38-68(84(70)91-86(72)76)62-32-16-14-26-56(62)4/h7-52H,1-6H3. The Morgan fingerprint density at radius 1 is 0.242 bits per heavy atom. The van der Waals surface area contributed by atoms with Gasteiger partial charge in [-0.05, 0) is 167 Å². The quantitative estimate of drug-likeness (QED) is 0.137. The van der Waals surface area contributed by atoms with Crippen LogP contribution in [0.2, 0.25) is 0 Å². The van der Waals surface area contributed by atoms with Gasteiger partial charge in [0.2, 0.25) is 0 Å². The van der Waals surface area contributed by atoms with Crippen LogP contribution in [0, 0.1) is 41.5 Å². The molecule has 0 unspecified atom stereocenters. The van der Waals surface area contributed by atoms with Crippen LogP contribution >= 0.6 is 0 Å². The van der Waals surface area contributed by atoms with Crippen molar-refractivity contribution in [3.63, 3.8) is 0 Å². The highest BCUT2D eigenvalue weighted by Gasteiger charge is 2.49. The molecule has 0 bridgehead atoms. The summed E-state index contributed by atoms with van der Waals surface area (Å²) in [5.41, 5.74) is 27.5. The average molecular weight is 1170 g/mol. The Kier molecular flexibility index (Phi) is 12.4. The molecule has 2 heterocycles. The van der Waals surface area contributed by atoms with Gasteiger partial charge in [-0.2, -0.15) is 0 Å². The van der Waals surface area contributed by atoms with Gasteiger partial charge >= 0.3 is 0 Å². The lowest BCUT2D eigenvalue weighted by Crippen LogP contribution is -2.29. The maximum atomic E-state index is 7.45. The van der Waals surface area contributed by atoms with E-state index in [-0.39, 0.29) is 0 Å². The second-order valence-electron chi connectivity index (χ2n) is 25.0. The van der Waals surface area contributed by atoms with E-state index < -0.39 is 5.41 Å². The van der Waals surface area contributed by atoms with E-state index in [0.29, 0.717) is 0 Å². The lowest BCUT2D eigenvalue weighted by atomic mass is 9.67. The topological polar surface area (TPSA) is 32.8 Å². The highest BCUT2D eigenvalue weighted by atomic mass is 16.3. The SMILES string of the molecule is Cc1ccc(C)c(N(c2cc3c(c4ccccc24)-c2c(cc(N(c4cc(C)ccc4C)c4cccc5c4oc4c(-c6ccccc6C)cccc45)c4ccccc24)C3(c2ccccc2)c2ccccc2)c2cccc3c2oc2c(-c4ccccc4C)cccc23)c1. The van der Waals surface area contributed by atoms with Crippen molar-refractivity contribution in [3.05, 3.63) is 335 Å². The van der Waals surface area contributed by atoms with Gasteiger partial charge in [-0.15, -0.1) is 0 Å². The van der Waals surface area contributed by atoms with E-state index >= 15 is 0 Å². The second-order valence-corrected chi connectivity index (χ2v) is 25.0. The molecule has 2 aromatic heterocycles. The summed E-state index contributed by atoms with van der Waals surface area (Å²) in [5, 5.41) is 8.89. The number of fused-ring (bicyclic) bond motifs is 13.